The second-order valence-electron chi connectivity index (χ2n) is 11.5. The highest BCUT2D eigenvalue weighted by molar-refractivity contribution is 7.16. The molecule has 202 valence electrons. The number of piperidine rings is 1. The highest BCUT2D eigenvalue weighted by Gasteiger charge is 2.42. The second kappa shape index (κ2) is 11.6. The summed E-state index contributed by atoms with van der Waals surface area (Å²) in [7, 11) is 0. The molecule has 2 amide bonds. The van der Waals surface area contributed by atoms with E-state index in [2.05, 4.69) is 57.1 Å². The van der Waals surface area contributed by atoms with Gasteiger partial charge in [-0.3, -0.25) is 14.5 Å². The van der Waals surface area contributed by atoms with Crippen molar-refractivity contribution in [2.45, 2.75) is 115 Å². The first-order valence-electron chi connectivity index (χ1n) is 14.2. The molecule has 1 saturated carbocycles. The lowest BCUT2D eigenvalue weighted by atomic mass is 9.88. The fraction of sp³-hybridized carbons (Fsp3) is 0.714. The Bertz CT molecular complexity index is 1060. The van der Waals surface area contributed by atoms with Crippen molar-refractivity contribution < 1.29 is 9.59 Å². The number of rotatable bonds is 10. The van der Waals surface area contributed by atoms with Crippen LogP contribution >= 0.6 is 11.3 Å². The average molecular weight is 527 g/mol. The Morgan fingerprint density at radius 1 is 1.08 bits per heavy atom. The molecule has 9 heteroatoms. The van der Waals surface area contributed by atoms with E-state index in [0.29, 0.717) is 24.0 Å². The van der Waals surface area contributed by atoms with Crippen LogP contribution in [-0.4, -0.2) is 50.6 Å². The lowest BCUT2D eigenvalue weighted by Gasteiger charge is -2.40. The van der Waals surface area contributed by atoms with Crippen LogP contribution in [0, 0.1) is 12.8 Å². The molecule has 0 radical (unpaired) electrons. The van der Waals surface area contributed by atoms with Crippen molar-refractivity contribution in [3.63, 3.8) is 0 Å². The van der Waals surface area contributed by atoms with Crippen LogP contribution in [0.2, 0.25) is 0 Å². The number of nitrogens with zero attached hydrogens (tertiary/aromatic N) is 4. The van der Waals surface area contributed by atoms with Crippen molar-refractivity contribution in [2.75, 3.05) is 11.9 Å². The lowest BCUT2D eigenvalue weighted by molar-refractivity contribution is -0.126. The molecule has 2 aliphatic heterocycles. The van der Waals surface area contributed by atoms with Crippen molar-refractivity contribution in [1.82, 2.24) is 25.0 Å². The topological polar surface area (TPSA) is 92.2 Å². The van der Waals surface area contributed by atoms with Gasteiger partial charge in [0.2, 0.25) is 12.3 Å². The van der Waals surface area contributed by atoms with Crippen molar-refractivity contribution in [3.8, 4) is 0 Å². The van der Waals surface area contributed by atoms with E-state index in [4.69, 9.17) is 0 Å². The minimum Gasteiger partial charge on any atom is -0.348 e. The zero-order chi connectivity index (χ0) is 25.9. The first-order valence-corrected chi connectivity index (χ1v) is 15.0. The third-order valence-corrected chi connectivity index (χ3v) is 9.90. The van der Waals surface area contributed by atoms with Gasteiger partial charge in [-0.15, -0.1) is 21.5 Å². The Kier molecular flexibility index (Phi) is 8.29. The minimum atomic E-state index is -0.0219. The van der Waals surface area contributed by atoms with E-state index in [-0.39, 0.29) is 17.9 Å². The van der Waals surface area contributed by atoms with Crippen LogP contribution in [-0.2, 0) is 9.59 Å². The van der Waals surface area contributed by atoms with Gasteiger partial charge in [0, 0.05) is 41.4 Å². The number of hydrogen-bond donors (Lipinski definition) is 2. The van der Waals surface area contributed by atoms with Crippen molar-refractivity contribution in [2.24, 2.45) is 5.92 Å². The third kappa shape index (κ3) is 5.77. The molecule has 2 bridgehead atoms. The molecule has 4 heterocycles. The van der Waals surface area contributed by atoms with Crippen molar-refractivity contribution in [3.05, 3.63) is 28.7 Å². The number of amides is 2. The Labute approximate surface area is 224 Å². The van der Waals surface area contributed by atoms with Crippen LogP contribution in [0.4, 0.5) is 5.00 Å². The molecule has 2 saturated heterocycles. The Balaban J connectivity index is 1.26. The monoisotopic (exact) mass is 526 g/mol. The second-order valence-corrected chi connectivity index (χ2v) is 12.6. The summed E-state index contributed by atoms with van der Waals surface area (Å²) in [5, 5.41) is 15.9. The standard InChI is InChI=1S/C28H42N6O2S/c1-18(2)27-32-31-19(3)34(27)23-15-21-9-10-22(16-23)33(21)14-13-24(25-11-12-26(37-25)29-17-35)30-28(36)20-7-5-4-6-8-20/h11-12,17-18,20-24H,4-10,13-16H2,1-3H3,(H,29,35)(H,30,36)/t21?,22?,23?,24-/m0/s1. The molecular formula is C28H42N6O2S. The highest BCUT2D eigenvalue weighted by Crippen LogP contribution is 2.42. The molecule has 8 nitrogen and oxygen atoms in total. The Morgan fingerprint density at radius 3 is 2.49 bits per heavy atom. The average Bonchev–Trinajstić information content (AvgIpc) is 3.58. The zero-order valence-corrected chi connectivity index (χ0v) is 23.3. The Morgan fingerprint density at radius 2 is 1.81 bits per heavy atom. The number of fused-ring (bicyclic) bond motifs is 2. The van der Waals surface area contributed by atoms with Crippen LogP contribution in [0.5, 0.6) is 0 Å². The van der Waals surface area contributed by atoms with Gasteiger partial charge in [0.1, 0.15) is 11.6 Å². The normalized spacial score (nSPS) is 25.4. The van der Waals surface area contributed by atoms with E-state index in [1.165, 1.54) is 19.3 Å². The van der Waals surface area contributed by atoms with Gasteiger partial charge in [0.05, 0.1) is 11.0 Å². The molecular weight excluding hydrogens is 484 g/mol. The van der Waals surface area contributed by atoms with Gasteiger partial charge in [-0.05, 0) is 64.0 Å². The molecule has 3 fully saturated rings. The van der Waals surface area contributed by atoms with Gasteiger partial charge in [0.25, 0.3) is 0 Å². The molecule has 2 aromatic rings. The summed E-state index contributed by atoms with van der Waals surface area (Å²) in [6, 6.07) is 5.58. The van der Waals surface area contributed by atoms with Gasteiger partial charge in [0.15, 0.2) is 0 Å². The van der Waals surface area contributed by atoms with Crippen LogP contribution in [0.25, 0.3) is 0 Å². The van der Waals surface area contributed by atoms with E-state index in [0.717, 1.165) is 79.4 Å². The number of aromatic nitrogens is 3. The lowest BCUT2D eigenvalue weighted by Crippen LogP contribution is -2.45. The summed E-state index contributed by atoms with van der Waals surface area (Å²) < 4.78 is 2.41. The minimum absolute atomic E-state index is 0.0219. The van der Waals surface area contributed by atoms with Crippen LogP contribution in [0.3, 0.4) is 0 Å². The summed E-state index contributed by atoms with van der Waals surface area (Å²) in [5.41, 5.74) is 0. The van der Waals surface area contributed by atoms with Crippen LogP contribution < -0.4 is 10.6 Å². The maximum absolute atomic E-state index is 13.2. The molecule has 3 atom stereocenters. The van der Waals surface area contributed by atoms with Gasteiger partial charge >= 0.3 is 0 Å². The third-order valence-electron chi connectivity index (χ3n) is 8.77. The molecule has 1 aliphatic carbocycles. The van der Waals surface area contributed by atoms with Crippen molar-refractivity contribution in [1.29, 1.82) is 0 Å². The number of nitrogens with one attached hydrogen (secondary N) is 2. The first kappa shape index (κ1) is 26.4. The predicted octanol–water partition coefficient (Wildman–Crippen LogP) is 5.34. The number of hydrogen-bond acceptors (Lipinski definition) is 6. The smallest absolute Gasteiger partial charge is 0.223 e. The number of thiophene rings is 1. The molecule has 3 aliphatic rings. The summed E-state index contributed by atoms with van der Waals surface area (Å²) in [5.74, 6) is 2.85. The summed E-state index contributed by atoms with van der Waals surface area (Å²) in [4.78, 5) is 28.0. The molecule has 2 unspecified atom stereocenters. The van der Waals surface area contributed by atoms with Gasteiger partial charge in [-0.25, -0.2) is 0 Å². The number of anilines is 1. The highest BCUT2D eigenvalue weighted by atomic mass is 32.1. The molecule has 2 aromatic heterocycles. The predicted molar refractivity (Wildman–Crippen MR) is 147 cm³/mol. The van der Waals surface area contributed by atoms with E-state index in [1.807, 2.05) is 6.07 Å². The number of carbonyl (C=O) groups is 2. The maximum atomic E-state index is 13.2. The van der Waals surface area contributed by atoms with Crippen LogP contribution in [0.1, 0.15) is 113 Å². The summed E-state index contributed by atoms with van der Waals surface area (Å²) in [6.45, 7) is 7.46. The summed E-state index contributed by atoms with van der Waals surface area (Å²) >= 11 is 1.57. The van der Waals surface area contributed by atoms with E-state index in [1.54, 1.807) is 11.3 Å². The fourth-order valence-electron chi connectivity index (χ4n) is 6.95. The SMILES string of the molecule is Cc1nnc(C(C)C)n1C1CC2CCC(C1)N2CC[C@H](NC(=O)C1CCCCC1)c1ccc(NC=O)s1. The first-order chi connectivity index (χ1) is 17.9. The maximum Gasteiger partial charge on any atom is 0.223 e. The van der Waals surface area contributed by atoms with E-state index in [9.17, 15) is 9.59 Å². The van der Waals surface area contributed by atoms with Gasteiger partial charge in [-0.1, -0.05) is 33.1 Å². The van der Waals surface area contributed by atoms with Gasteiger partial charge in [-0.2, -0.15) is 0 Å². The fourth-order valence-corrected chi connectivity index (χ4v) is 7.90. The quantitative estimate of drug-likeness (QED) is 0.408. The van der Waals surface area contributed by atoms with E-state index >= 15 is 0 Å². The van der Waals surface area contributed by atoms with Crippen LogP contribution in [0.15, 0.2) is 12.1 Å². The Hall–Kier alpha value is -2.26. The summed E-state index contributed by atoms with van der Waals surface area (Å²) in [6.07, 6.45) is 11.9. The molecule has 2 N–H and O–H groups in total. The molecule has 37 heavy (non-hydrogen) atoms. The molecule has 0 aromatic carbocycles. The van der Waals surface area contributed by atoms with E-state index < -0.39 is 0 Å². The molecule has 5 rings (SSSR count). The zero-order valence-electron chi connectivity index (χ0n) is 22.5. The molecule has 0 spiro atoms. The number of carbonyl (C=O) groups excluding carboxylic acids is 2. The largest absolute Gasteiger partial charge is 0.348 e. The van der Waals surface area contributed by atoms with Crippen molar-refractivity contribution >= 4 is 28.7 Å². The van der Waals surface area contributed by atoms with Gasteiger partial charge < -0.3 is 15.2 Å². The number of aryl methyl sites for hydroxylation is 1.